The van der Waals surface area contributed by atoms with Gasteiger partial charge in [0.15, 0.2) is 0 Å². The average molecular weight is 231 g/mol. The van der Waals surface area contributed by atoms with Crippen molar-refractivity contribution in [3.05, 3.63) is 23.8 Å². The topological polar surface area (TPSA) is 21.3 Å². The van der Waals surface area contributed by atoms with E-state index in [9.17, 15) is 0 Å². The Morgan fingerprint density at radius 3 is 2.94 bits per heavy atom. The Kier molecular flexibility index (Phi) is 3.21. The molecule has 1 aromatic carbocycles. The van der Waals surface area contributed by atoms with Crippen molar-refractivity contribution in [1.29, 1.82) is 0 Å². The number of aryl methyl sites for hydroxylation is 1. The van der Waals surface area contributed by atoms with Gasteiger partial charge >= 0.3 is 0 Å². The van der Waals surface area contributed by atoms with E-state index >= 15 is 0 Å². The molecule has 17 heavy (non-hydrogen) atoms. The fourth-order valence-corrected chi connectivity index (χ4v) is 2.92. The van der Waals surface area contributed by atoms with Gasteiger partial charge in [0.25, 0.3) is 0 Å². The van der Waals surface area contributed by atoms with Gasteiger partial charge in [-0.15, -0.1) is 0 Å². The van der Waals surface area contributed by atoms with E-state index in [1.54, 1.807) is 0 Å². The van der Waals surface area contributed by atoms with E-state index in [2.05, 4.69) is 23.5 Å². The summed E-state index contributed by atoms with van der Waals surface area (Å²) in [6, 6.07) is 6.51. The van der Waals surface area contributed by atoms with Crippen LogP contribution in [0, 0.1) is 5.92 Å². The molecule has 1 fully saturated rings. The molecule has 0 amide bonds. The molecular formula is C15H21NO. The molecule has 0 aromatic heterocycles. The fraction of sp³-hybridized carbons (Fsp3) is 0.600. The predicted octanol–water partition coefficient (Wildman–Crippen LogP) is 3.61. The second kappa shape index (κ2) is 4.99. The molecule has 1 saturated carbocycles. The molecule has 1 N–H and O–H groups in total. The number of anilines is 1. The van der Waals surface area contributed by atoms with E-state index in [1.807, 2.05) is 0 Å². The van der Waals surface area contributed by atoms with Crippen LogP contribution in [0.4, 0.5) is 5.69 Å². The Morgan fingerprint density at radius 2 is 2.06 bits per heavy atom. The first-order chi connectivity index (χ1) is 8.42. The highest BCUT2D eigenvalue weighted by Gasteiger charge is 2.16. The van der Waals surface area contributed by atoms with Crippen LogP contribution in [0.1, 0.15) is 37.7 Å². The van der Waals surface area contributed by atoms with Crippen molar-refractivity contribution >= 4 is 5.69 Å². The molecule has 0 atom stereocenters. The van der Waals surface area contributed by atoms with Crippen LogP contribution >= 0.6 is 0 Å². The molecule has 1 heterocycles. The first-order valence-corrected chi connectivity index (χ1v) is 6.91. The molecule has 1 aromatic rings. The van der Waals surface area contributed by atoms with Gasteiger partial charge in [-0.25, -0.2) is 0 Å². The van der Waals surface area contributed by atoms with E-state index in [1.165, 1.54) is 49.8 Å². The first kappa shape index (κ1) is 10.9. The molecule has 2 nitrogen and oxygen atoms in total. The van der Waals surface area contributed by atoms with Gasteiger partial charge in [0.05, 0.1) is 6.61 Å². The van der Waals surface area contributed by atoms with Gasteiger partial charge in [-0.2, -0.15) is 0 Å². The van der Waals surface area contributed by atoms with Gasteiger partial charge in [-0.05, 0) is 43.2 Å². The van der Waals surface area contributed by atoms with Gasteiger partial charge in [-0.1, -0.05) is 18.9 Å². The number of rotatable bonds is 3. The normalized spacial score (nSPS) is 19.8. The quantitative estimate of drug-likeness (QED) is 0.858. The van der Waals surface area contributed by atoms with Crippen molar-refractivity contribution in [1.82, 2.24) is 0 Å². The molecule has 2 aliphatic rings. The average Bonchev–Trinajstić information content (AvgIpc) is 2.89. The van der Waals surface area contributed by atoms with Crippen LogP contribution < -0.4 is 10.1 Å². The van der Waals surface area contributed by atoms with Crippen molar-refractivity contribution in [2.24, 2.45) is 5.92 Å². The molecule has 3 rings (SSSR count). The number of fused-ring (bicyclic) bond motifs is 1. The van der Waals surface area contributed by atoms with Crippen molar-refractivity contribution in [2.75, 3.05) is 18.5 Å². The van der Waals surface area contributed by atoms with Crippen molar-refractivity contribution < 1.29 is 4.74 Å². The Labute approximate surface area is 103 Å². The number of nitrogens with one attached hydrogen (secondary N) is 1. The van der Waals surface area contributed by atoms with Crippen LogP contribution in [-0.2, 0) is 6.42 Å². The van der Waals surface area contributed by atoms with Crippen LogP contribution in [0.3, 0.4) is 0 Å². The van der Waals surface area contributed by atoms with Gasteiger partial charge in [0.2, 0.25) is 0 Å². The van der Waals surface area contributed by atoms with Crippen LogP contribution in [0.15, 0.2) is 18.2 Å². The molecule has 1 aliphatic carbocycles. The summed E-state index contributed by atoms with van der Waals surface area (Å²) in [5.41, 5.74) is 2.71. The Bertz CT molecular complexity index is 383. The molecule has 92 valence electrons. The molecule has 0 spiro atoms. The maximum atomic E-state index is 5.92. The Morgan fingerprint density at radius 1 is 1.18 bits per heavy atom. The fourth-order valence-electron chi connectivity index (χ4n) is 2.92. The second-order valence-corrected chi connectivity index (χ2v) is 5.31. The van der Waals surface area contributed by atoms with E-state index in [4.69, 9.17) is 4.74 Å². The summed E-state index contributed by atoms with van der Waals surface area (Å²) in [7, 11) is 0. The highest BCUT2D eigenvalue weighted by atomic mass is 16.5. The maximum absolute atomic E-state index is 5.92. The lowest BCUT2D eigenvalue weighted by molar-refractivity contribution is 0.252. The zero-order valence-electron chi connectivity index (χ0n) is 10.4. The van der Waals surface area contributed by atoms with E-state index in [0.29, 0.717) is 0 Å². The summed E-state index contributed by atoms with van der Waals surface area (Å²) in [5, 5.41) is 3.45. The second-order valence-electron chi connectivity index (χ2n) is 5.31. The van der Waals surface area contributed by atoms with E-state index < -0.39 is 0 Å². The standard InChI is InChI=1S/C15H21NO/c1-2-5-12(4-1)11-17-14-8-7-13-6-3-9-16-15(13)10-14/h7-8,10,12,16H,1-6,9,11H2. The van der Waals surface area contributed by atoms with Crippen LogP contribution in [0.2, 0.25) is 0 Å². The Balaban J connectivity index is 1.62. The minimum absolute atomic E-state index is 0.791. The van der Waals surface area contributed by atoms with Gasteiger partial charge in [-0.3, -0.25) is 0 Å². The molecule has 0 saturated heterocycles. The summed E-state index contributed by atoms with van der Waals surface area (Å²) < 4.78 is 5.92. The third-order valence-electron chi connectivity index (χ3n) is 3.98. The molecule has 1 aliphatic heterocycles. The van der Waals surface area contributed by atoms with E-state index in [-0.39, 0.29) is 0 Å². The molecular weight excluding hydrogens is 210 g/mol. The third-order valence-corrected chi connectivity index (χ3v) is 3.98. The van der Waals surface area contributed by atoms with Crippen molar-refractivity contribution in [3.8, 4) is 5.75 Å². The number of ether oxygens (including phenoxy) is 1. The summed E-state index contributed by atoms with van der Waals surface area (Å²) in [6.07, 6.45) is 7.92. The highest BCUT2D eigenvalue weighted by molar-refractivity contribution is 5.56. The minimum Gasteiger partial charge on any atom is -0.493 e. The lowest BCUT2D eigenvalue weighted by Crippen LogP contribution is -2.12. The SMILES string of the molecule is c1cc2c(cc1OCC1CCCC1)NCCC2. The third kappa shape index (κ3) is 2.56. The maximum Gasteiger partial charge on any atom is 0.121 e. The van der Waals surface area contributed by atoms with Crippen LogP contribution in [0.5, 0.6) is 5.75 Å². The molecule has 0 unspecified atom stereocenters. The summed E-state index contributed by atoms with van der Waals surface area (Å²) >= 11 is 0. The molecule has 0 bridgehead atoms. The highest BCUT2D eigenvalue weighted by Crippen LogP contribution is 2.29. The predicted molar refractivity (Wildman–Crippen MR) is 70.7 cm³/mol. The van der Waals surface area contributed by atoms with Gasteiger partial charge in [0.1, 0.15) is 5.75 Å². The van der Waals surface area contributed by atoms with E-state index in [0.717, 1.165) is 24.8 Å². The van der Waals surface area contributed by atoms with Crippen molar-refractivity contribution in [2.45, 2.75) is 38.5 Å². The molecule has 2 heteroatoms. The lowest BCUT2D eigenvalue weighted by Gasteiger charge is -2.19. The summed E-state index contributed by atoms with van der Waals surface area (Å²) in [4.78, 5) is 0. The number of hydrogen-bond donors (Lipinski definition) is 1. The lowest BCUT2D eigenvalue weighted by atomic mass is 10.0. The zero-order valence-corrected chi connectivity index (χ0v) is 10.4. The summed E-state index contributed by atoms with van der Waals surface area (Å²) in [6.45, 7) is 2.00. The number of benzene rings is 1. The Hall–Kier alpha value is -1.18. The number of hydrogen-bond acceptors (Lipinski definition) is 2. The largest absolute Gasteiger partial charge is 0.493 e. The van der Waals surface area contributed by atoms with Crippen molar-refractivity contribution in [3.63, 3.8) is 0 Å². The first-order valence-electron chi connectivity index (χ1n) is 6.91. The summed E-state index contributed by atoms with van der Waals surface area (Å²) in [5.74, 6) is 1.82. The smallest absolute Gasteiger partial charge is 0.121 e. The molecule has 0 radical (unpaired) electrons. The van der Waals surface area contributed by atoms with Gasteiger partial charge < -0.3 is 10.1 Å². The minimum atomic E-state index is 0.791. The van der Waals surface area contributed by atoms with Gasteiger partial charge in [0, 0.05) is 18.3 Å². The van der Waals surface area contributed by atoms with Crippen LogP contribution in [-0.4, -0.2) is 13.2 Å². The van der Waals surface area contributed by atoms with Crippen LogP contribution in [0.25, 0.3) is 0 Å². The zero-order chi connectivity index (χ0) is 11.5. The monoisotopic (exact) mass is 231 g/mol.